The summed E-state index contributed by atoms with van der Waals surface area (Å²) in [7, 11) is 0. The average Bonchev–Trinajstić information content (AvgIpc) is 2.46. The van der Waals surface area contributed by atoms with Crippen molar-refractivity contribution in [2.45, 2.75) is 44.3 Å². The van der Waals surface area contributed by atoms with Gasteiger partial charge in [-0.1, -0.05) is 0 Å². The molecule has 0 aromatic heterocycles. The summed E-state index contributed by atoms with van der Waals surface area (Å²) >= 11 is 0. The van der Waals surface area contributed by atoms with E-state index < -0.39 is 0 Å². The minimum absolute atomic E-state index is 0.0815. The van der Waals surface area contributed by atoms with E-state index in [1.807, 2.05) is 0 Å². The first-order valence-electron chi connectivity index (χ1n) is 6.00. The fraction of sp³-hybridized carbons (Fsp3) is 0.909. The molecule has 0 radical (unpaired) electrons. The lowest BCUT2D eigenvalue weighted by atomic mass is 10.1. The summed E-state index contributed by atoms with van der Waals surface area (Å²) in [6.07, 6.45) is 5.29. The topological polar surface area (TPSA) is 50.4 Å². The van der Waals surface area contributed by atoms with Crippen LogP contribution in [0.3, 0.4) is 0 Å². The van der Waals surface area contributed by atoms with Gasteiger partial charge in [0.05, 0.1) is 6.10 Å². The van der Waals surface area contributed by atoms with Gasteiger partial charge in [0.1, 0.15) is 6.10 Å². The smallest absolute Gasteiger partial charge is 0.249 e. The summed E-state index contributed by atoms with van der Waals surface area (Å²) in [4.78, 5) is 11.6. The quantitative estimate of drug-likeness (QED) is 0.697. The average molecular weight is 212 g/mol. The maximum atomic E-state index is 11.6. The van der Waals surface area contributed by atoms with Crippen molar-refractivity contribution in [3.8, 4) is 0 Å². The molecule has 4 nitrogen and oxygen atoms in total. The van der Waals surface area contributed by atoms with Gasteiger partial charge in [-0.2, -0.15) is 0 Å². The monoisotopic (exact) mass is 212 g/mol. The fourth-order valence-corrected chi connectivity index (χ4v) is 2.21. The predicted octanol–water partition coefficient (Wildman–Crippen LogP) is 0.424. The summed E-state index contributed by atoms with van der Waals surface area (Å²) in [6, 6.07) is 0. The molecule has 2 unspecified atom stereocenters. The van der Waals surface area contributed by atoms with Gasteiger partial charge < -0.3 is 15.4 Å². The molecule has 2 saturated heterocycles. The van der Waals surface area contributed by atoms with Crippen LogP contribution >= 0.6 is 0 Å². The third kappa shape index (κ3) is 3.18. The number of ether oxygens (including phenoxy) is 1. The molecule has 2 rings (SSSR count). The van der Waals surface area contributed by atoms with Crippen molar-refractivity contribution in [3.05, 3.63) is 0 Å². The molecule has 4 heteroatoms. The van der Waals surface area contributed by atoms with Crippen molar-refractivity contribution in [1.82, 2.24) is 10.6 Å². The first-order chi connectivity index (χ1) is 7.36. The summed E-state index contributed by atoms with van der Waals surface area (Å²) in [6.45, 7) is 2.78. The Morgan fingerprint density at radius 3 is 2.87 bits per heavy atom. The Kier molecular flexibility index (Phi) is 3.97. The Hall–Kier alpha value is -0.610. The van der Waals surface area contributed by atoms with E-state index in [1.165, 1.54) is 0 Å². The van der Waals surface area contributed by atoms with Gasteiger partial charge in [0, 0.05) is 13.1 Å². The lowest BCUT2D eigenvalue weighted by Crippen LogP contribution is -2.42. The molecule has 2 fully saturated rings. The van der Waals surface area contributed by atoms with Crippen LogP contribution in [0.1, 0.15) is 32.1 Å². The molecule has 2 atom stereocenters. The van der Waals surface area contributed by atoms with Crippen molar-refractivity contribution in [1.29, 1.82) is 0 Å². The highest BCUT2D eigenvalue weighted by molar-refractivity contribution is 5.80. The molecule has 0 spiro atoms. The van der Waals surface area contributed by atoms with Crippen LogP contribution in [-0.4, -0.2) is 37.7 Å². The number of hydrogen-bond donors (Lipinski definition) is 2. The zero-order valence-corrected chi connectivity index (χ0v) is 9.13. The van der Waals surface area contributed by atoms with Gasteiger partial charge in [-0.3, -0.25) is 4.79 Å². The number of amides is 1. The first kappa shape index (κ1) is 10.9. The fourth-order valence-electron chi connectivity index (χ4n) is 2.21. The molecule has 2 N–H and O–H groups in total. The van der Waals surface area contributed by atoms with Crippen LogP contribution in [0.2, 0.25) is 0 Å². The van der Waals surface area contributed by atoms with E-state index in [-0.39, 0.29) is 18.1 Å². The van der Waals surface area contributed by atoms with E-state index in [9.17, 15) is 4.79 Å². The molecule has 0 saturated carbocycles. The highest BCUT2D eigenvalue weighted by Gasteiger charge is 2.25. The molecule has 0 bridgehead atoms. The van der Waals surface area contributed by atoms with Gasteiger partial charge >= 0.3 is 0 Å². The first-order valence-corrected chi connectivity index (χ1v) is 6.00. The van der Waals surface area contributed by atoms with Gasteiger partial charge in [-0.05, 0) is 38.6 Å². The summed E-state index contributed by atoms with van der Waals surface area (Å²) in [5.74, 6) is 0.0815. The Morgan fingerprint density at radius 1 is 1.13 bits per heavy atom. The highest BCUT2D eigenvalue weighted by Crippen LogP contribution is 2.14. The SMILES string of the molecule is O=C1NCCCCC1OC1CCCNC1. The molecule has 1 amide bonds. The molecule has 0 aromatic carbocycles. The number of nitrogens with one attached hydrogen (secondary N) is 2. The van der Waals surface area contributed by atoms with Crippen LogP contribution in [0.25, 0.3) is 0 Å². The third-order valence-electron chi connectivity index (χ3n) is 3.09. The van der Waals surface area contributed by atoms with Gasteiger partial charge in [0.25, 0.3) is 0 Å². The molecule has 15 heavy (non-hydrogen) atoms. The van der Waals surface area contributed by atoms with E-state index >= 15 is 0 Å². The Bertz CT molecular complexity index is 215. The second-order valence-corrected chi connectivity index (χ2v) is 4.38. The third-order valence-corrected chi connectivity index (χ3v) is 3.09. The van der Waals surface area contributed by atoms with E-state index in [1.54, 1.807) is 0 Å². The maximum absolute atomic E-state index is 11.6. The Morgan fingerprint density at radius 2 is 2.07 bits per heavy atom. The van der Waals surface area contributed by atoms with Gasteiger partial charge in [0.15, 0.2) is 0 Å². The van der Waals surface area contributed by atoms with Crippen molar-refractivity contribution in [2.24, 2.45) is 0 Å². The van der Waals surface area contributed by atoms with Crippen molar-refractivity contribution >= 4 is 5.91 Å². The normalized spacial score (nSPS) is 33.2. The summed E-state index contributed by atoms with van der Waals surface area (Å²) < 4.78 is 5.85. The number of hydrogen-bond acceptors (Lipinski definition) is 3. The lowest BCUT2D eigenvalue weighted by molar-refractivity contribution is -0.137. The second-order valence-electron chi connectivity index (χ2n) is 4.38. The number of carbonyl (C=O) groups excluding carboxylic acids is 1. The van der Waals surface area contributed by atoms with Crippen LogP contribution in [-0.2, 0) is 9.53 Å². The maximum Gasteiger partial charge on any atom is 0.249 e. The van der Waals surface area contributed by atoms with Crippen LogP contribution in [0.5, 0.6) is 0 Å². The predicted molar refractivity (Wildman–Crippen MR) is 57.6 cm³/mol. The number of rotatable bonds is 2. The zero-order chi connectivity index (χ0) is 10.5. The van der Waals surface area contributed by atoms with Gasteiger partial charge in [-0.15, -0.1) is 0 Å². The minimum Gasteiger partial charge on any atom is -0.364 e. The van der Waals surface area contributed by atoms with Crippen molar-refractivity contribution < 1.29 is 9.53 Å². The Labute approximate surface area is 90.8 Å². The molecule has 2 heterocycles. The second kappa shape index (κ2) is 5.47. The van der Waals surface area contributed by atoms with Gasteiger partial charge in [0.2, 0.25) is 5.91 Å². The zero-order valence-electron chi connectivity index (χ0n) is 9.13. The van der Waals surface area contributed by atoms with E-state index in [0.717, 1.165) is 51.7 Å². The molecule has 2 aliphatic heterocycles. The largest absolute Gasteiger partial charge is 0.364 e. The highest BCUT2D eigenvalue weighted by atomic mass is 16.5. The van der Waals surface area contributed by atoms with Crippen molar-refractivity contribution in [3.63, 3.8) is 0 Å². The van der Waals surface area contributed by atoms with Crippen LogP contribution < -0.4 is 10.6 Å². The molecule has 0 aliphatic carbocycles. The number of piperidine rings is 1. The van der Waals surface area contributed by atoms with E-state index in [2.05, 4.69) is 10.6 Å². The van der Waals surface area contributed by atoms with Gasteiger partial charge in [-0.25, -0.2) is 0 Å². The minimum atomic E-state index is -0.211. The molecular formula is C11H20N2O2. The standard InChI is InChI=1S/C11H20N2O2/c14-11-10(5-1-2-7-13-11)15-9-4-3-6-12-8-9/h9-10,12H,1-8H2,(H,13,14). The van der Waals surface area contributed by atoms with E-state index in [0.29, 0.717) is 0 Å². The number of carbonyl (C=O) groups is 1. The van der Waals surface area contributed by atoms with Crippen LogP contribution in [0.15, 0.2) is 0 Å². The summed E-state index contributed by atoms with van der Waals surface area (Å²) in [5, 5.41) is 6.20. The molecule has 0 aromatic rings. The van der Waals surface area contributed by atoms with Crippen LogP contribution in [0, 0.1) is 0 Å². The van der Waals surface area contributed by atoms with Crippen LogP contribution in [0.4, 0.5) is 0 Å². The molecule has 86 valence electrons. The van der Waals surface area contributed by atoms with E-state index in [4.69, 9.17) is 4.74 Å². The Balaban J connectivity index is 1.82. The van der Waals surface area contributed by atoms with Crippen molar-refractivity contribution in [2.75, 3.05) is 19.6 Å². The summed E-state index contributed by atoms with van der Waals surface area (Å²) in [5.41, 5.74) is 0. The lowest BCUT2D eigenvalue weighted by Gasteiger charge is -2.26. The molecular weight excluding hydrogens is 192 g/mol. The molecule has 2 aliphatic rings.